The summed E-state index contributed by atoms with van der Waals surface area (Å²) in [7, 11) is 0. The molecule has 0 N–H and O–H groups in total. The first kappa shape index (κ1) is 9.25. The van der Waals surface area contributed by atoms with E-state index in [1.165, 1.54) is 0 Å². The van der Waals surface area contributed by atoms with Gasteiger partial charge in [-0.1, -0.05) is 49.1 Å². The molecule has 0 saturated heterocycles. The van der Waals surface area contributed by atoms with Crippen molar-refractivity contribution < 1.29 is 0 Å². The first-order chi connectivity index (χ1) is 4.72. The van der Waals surface area contributed by atoms with Crippen LogP contribution in [0.2, 0.25) is 0 Å². The molecule has 0 unspecified atom stereocenters. The molecule has 10 heavy (non-hydrogen) atoms. The molecule has 0 amide bonds. The molecule has 1 heteroatoms. The molecule has 0 saturated carbocycles. The van der Waals surface area contributed by atoms with Gasteiger partial charge in [-0.25, -0.2) is 0 Å². The molecule has 0 aromatic heterocycles. The van der Waals surface area contributed by atoms with Crippen LogP contribution in [0.15, 0.2) is 48.1 Å². The van der Waals surface area contributed by atoms with Crippen LogP contribution in [0.3, 0.4) is 0 Å². The van der Waals surface area contributed by atoms with Gasteiger partial charge in [-0.3, -0.25) is 0 Å². The fourth-order valence-electron chi connectivity index (χ4n) is 0.515. The second-order valence-corrected chi connectivity index (χ2v) is 2.20. The molecule has 0 aromatic carbocycles. The van der Waals surface area contributed by atoms with Crippen molar-refractivity contribution in [1.82, 2.24) is 0 Å². The lowest BCUT2D eigenvalue weighted by Gasteiger charge is -1.93. The van der Waals surface area contributed by atoms with Gasteiger partial charge in [-0.05, 0) is 12.5 Å². The van der Waals surface area contributed by atoms with Crippen molar-refractivity contribution >= 4 is 11.6 Å². The first-order valence-electron chi connectivity index (χ1n) is 3.02. The monoisotopic (exact) mass is 154 g/mol. The second kappa shape index (κ2) is 5.07. The maximum absolute atomic E-state index is 5.63. The van der Waals surface area contributed by atoms with Crippen LogP contribution in [-0.2, 0) is 0 Å². The molecule has 0 aliphatic carbocycles. The number of hydrogen-bond acceptors (Lipinski definition) is 0. The van der Waals surface area contributed by atoms with Crippen molar-refractivity contribution in [2.24, 2.45) is 0 Å². The highest BCUT2D eigenvalue weighted by atomic mass is 35.5. The summed E-state index contributed by atoms with van der Waals surface area (Å²) < 4.78 is 0. The van der Waals surface area contributed by atoms with Crippen LogP contribution in [0.1, 0.15) is 6.92 Å². The summed E-state index contributed by atoms with van der Waals surface area (Å²) in [6.45, 7) is 9.04. The summed E-state index contributed by atoms with van der Waals surface area (Å²) in [6, 6.07) is 0. The van der Waals surface area contributed by atoms with Gasteiger partial charge in [0.1, 0.15) is 0 Å². The van der Waals surface area contributed by atoms with Gasteiger partial charge in [0.2, 0.25) is 0 Å². The third-order valence-electron chi connectivity index (χ3n) is 1.04. The van der Waals surface area contributed by atoms with Crippen molar-refractivity contribution in [3.05, 3.63) is 48.1 Å². The quantitative estimate of drug-likeness (QED) is 0.547. The van der Waals surface area contributed by atoms with Gasteiger partial charge in [-0.2, -0.15) is 0 Å². The molecular formula is C9H11Cl. The molecule has 54 valence electrons. The zero-order valence-electron chi connectivity index (χ0n) is 6.10. The molecule has 0 atom stereocenters. The highest BCUT2D eigenvalue weighted by Crippen LogP contribution is 2.12. The zero-order valence-corrected chi connectivity index (χ0v) is 6.86. The van der Waals surface area contributed by atoms with Gasteiger partial charge in [-0.15, -0.1) is 0 Å². The van der Waals surface area contributed by atoms with E-state index in [0.717, 1.165) is 5.57 Å². The Hall–Kier alpha value is -0.750. The molecular weight excluding hydrogens is 144 g/mol. The Morgan fingerprint density at radius 1 is 1.50 bits per heavy atom. The zero-order chi connectivity index (χ0) is 7.98. The number of halogens is 1. The van der Waals surface area contributed by atoms with Crippen molar-refractivity contribution in [3.63, 3.8) is 0 Å². The molecule has 0 rings (SSSR count). The molecule has 0 fully saturated rings. The highest BCUT2D eigenvalue weighted by Gasteiger charge is 1.89. The summed E-state index contributed by atoms with van der Waals surface area (Å²) in [5.41, 5.74) is 0.932. The average Bonchev–Trinajstić information content (AvgIpc) is 1.89. The third-order valence-corrected chi connectivity index (χ3v) is 1.25. The predicted molar refractivity (Wildman–Crippen MR) is 48.1 cm³/mol. The van der Waals surface area contributed by atoms with E-state index < -0.39 is 0 Å². The van der Waals surface area contributed by atoms with Crippen LogP contribution in [0.5, 0.6) is 0 Å². The lowest BCUT2D eigenvalue weighted by molar-refractivity contribution is 1.58. The normalized spacial score (nSPS) is 12.0. The van der Waals surface area contributed by atoms with E-state index in [-0.39, 0.29) is 0 Å². The largest absolute Gasteiger partial charge is 0.0991 e. The van der Waals surface area contributed by atoms with Crippen LogP contribution in [0.4, 0.5) is 0 Å². The van der Waals surface area contributed by atoms with Crippen molar-refractivity contribution in [1.29, 1.82) is 0 Å². The molecule has 0 nitrogen and oxygen atoms in total. The SMILES string of the molecule is C=C/C=C\C(=C/C)C(=C)Cl. The van der Waals surface area contributed by atoms with Crippen LogP contribution in [-0.4, -0.2) is 0 Å². The van der Waals surface area contributed by atoms with E-state index >= 15 is 0 Å². The summed E-state index contributed by atoms with van der Waals surface area (Å²) >= 11 is 5.63. The van der Waals surface area contributed by atoms with Crippen LogP contribution >= 0.6 is 11.6 Å². The Labute approximate surface area is 67.2 Å². The van der Waals surface area contributed by atoms with Crippen molar-refractivity contribution in [2.75, 3.05) is 0 Å². The Kier molecular flexibility index (Phi) is 4.69. The summed E-state index contributed by atoms with van der Waals surface area (Å²) in [5.74, 6) is 0. The number of hydrogen-bond donors (Lipinski definition) is 0. The topological polar surface area (TPSA) is 0 Å². The fourth-order valence-corrected chi connectivity index (χ4v) is 0.687. The van der Waals surface area contributed by atoms with Crippen LogP contribution in [0, 0.1) is 0 Å². The third kappa shape index (κ3) is 3.31. The van der Waals surface area contributed by atoms with Crippen LogP contribution < -0.4 is 0 Å². The van der Waals surface area contributed by atoms with Gasteiger partial charge >= 0.3 is 0 Å². The van der Waals surface area contributed by atoms with E-state index in [4.69, 9.17) is 11.6 Å². The molecule has 0 aliphatic rings. The summed E-state index contributed by atoms with van der Waals surface area (Å²) in [4.78, 5) is 0. The average molecular weight is 155 g/mol. The maximum atomic E-state index is 5.63. The molecule has 0 bridgehead atoms. The summed E-state index contributed by atoms with van der Waals surface area (Å²) in [5, 5.41) is 0.556. The second-order valence-electron chi connectivity index (χ2n) is 1.74. The van der Waals surface area contributed by atoms with Crippen molar-refractivity contribution in [2.45, 2.75) is 6.92 Å². The van der Waals surface area contributed by atoms with Gasteiger partial charge in [0.15, 0.2) is 0 Å². The first-order valence-corrected chi connectivity index (χ1v) is 3.40. The molecule has 0 radical (unpaired) electrons. The van der Waals surface area contributed by atoms with Gasteiger partial charge < -0.3 is 0 Å². The molecule has 0 spiro atoms. The minimum absolute atomic E-state index is 0.556. The molecule has 0 aromatic rings. The standard InChI is InChI=1S/C9H11Cl/c1-4-6-7-9(5-2)8(3)10/h4-7H,1,3H2,2H3/b7-6-,9-5+. The highest BCUT2D eigenvalue weighted by molar-refractivity contribution is 6.31. The van der Waals surface area contributed by atoms with E-state index in [1.807, 2.05) is 25.2 Å². The fraction of sp³-hybridized carbons (Fsp3) is 0.111. The van der Waals surface area contributed by atoms with Gasteiger partial charge in [0.25, 0.3) is 0 Å². The lowest BCUT2D eigenvalue weighted by Crippen LogP contribution is -1.72. The van der Waals surface area contributed by atoms with E-state index in [0.29, 0.717) is 5.03 Å². The molecule has 0 aliphatic heterocycles. The van der Waals surface area contributed by atoms with E-state index in [1.54, 1.807) is 6.08 Å². The van der Waals surface area contributed by atoms with E-state index in [9.17, 15) is 0 Å². The Morgan fingerprint density at radius 2 is 2.10 bits per heavy atom. The Balaban J connectivity index is 4.25. The smallest absolute Gasteiger partial charge is 0.0403 e. The Morgan fingerprint density at radius 3 is 2.40 bits per heavy atom. The van der Waals surface area contributed by atoms with Crippen molar-refractivity contribution in [3.8, 4) is 0 Å². The van der Waals surface area contributed by atoms with E-state index in [2.05, 4.69) is 13.2 Å². The molecule has 0 heterocycles. The predicted octanol–water partition coefficient (Wildman–Crippen LogP) is 3.43. The number of rotatable bonds is 3. The Bertz CT molecular complexity index is 185. The number of allylic oxidation sites excluding steroid dienone is 6. The minimum Gasteiger partial charge on any atom is -0.0991 e. The van der Waals surface area contributed by atoms with Gasteiger partial charge in [0, 0.05) is 5.03 Å². The van der Waals surface area contributed by atoms with Gasteiger partial charge in [0.05, 0.1) is 0 Å². The maximum Gasteiger partial charge on any atom is 0.0403 e. The van der Waals surface area contributed by atoms with Crippen LogP contribution in [0.25, 0.3) is 0 Å². The lowest BCUT2D eigenvalue weighted by atomic mass is 10.2. The minimum atomic E-state index is 0.556. The summed E-state index contributed by atoms with van der Waals surface area (Å²) in [6.07, 6.45) is 7.28.